The van der Waals surface area contributed by atoms with Crippen LogP contribution in [-0.4, -0.2) is 37.2 Å². The first kappa shape index (κ1) is 13.9. The van der Waals surface area contributed by atoms with E-state index in [0.717, 1.165) is 18.8 Å². The zero-order valence-electron chi connectivity index (χ0n) is 12.7. The molecule has 0 aliphatic carbocycles. The lowest BCUT2D eigenvalue weighted by molar-refractivity contribution is 0.192. The van der Waals surface area contributed by atoms with Crippen LogP contribution < -0.4 is 10.1 Å². The molecule has 2 atom stereocenters. The molecule has 1 aromatic carbocycles. The predicted octanol–water partition coefficient (Wildman–Crippen LogP) is 2.76. The van der Waals surface area contributed by atoms with Crippen LogP contribution in [0.3, 0.4) is 0 Å². The first-order valence-corrected chi connectivity index (χ1v) is 8.00. The van der Waals surface area contributed by atoms with Gasteiger partial charge >= 0.3 is 0 Å². The number of ether oxygens (including phenoxy) is 1. The molecule has 110 valence electrons. The summed E-state index contributed by atoms with van der Waals surface area (Å²) in [5, 5.41) is 3.81. The highest BCUT2D eigenvalue weighted by Gasteiger charge is 2.21. The number of likely N-dealkylation sites (N-methyl/N-ethyl adjacent to an activating group) is 1. The van der Waals surface area contributed by atoms with Crippen molar-refractivity contribution in [3.8, 4) is 5.75 Å². The van der Waals surface area contributed by atoms with Crippen molar-refractivity contribution in [2.24, 2.45) is 0 Å². The van der Waals surface area contributed by atoms with Crippen LogP contribution >= 0.6 is 0 Å². The van der Waals surface area contributed by atoms with Crippen LogP contribution in [0.5, 0.6) is 5.75 Å². The fraction of sp³-hybridized carbons (Fsp3) is 0.647. The third-order valence-corrected chi connectivity index (χ3v) is 4.65. The molecule has 0 aromatic heterocycles. The molecule has 3 nitrogen and oxygen atoms in total. The molecular formula is C17H26N2O. The van der Waals surface area contributed by atoms with E-state index >= 15 is 0 Å². The Bertz CT molecular complexity index is 460. The number of nitrogens with zero attached hydrogens (tertiary/aromatic N) is 1. The second kappa shape index (κ2) is 6.15. The molecule has 3 heteroatoms. The van der Waals surface area contributed by atoms with Crippen molar-refractivity contribution in [2.75, 3.05) is 26.2 Å². The van der Waals surface area contributed by atoms with Gasteiger partial charge in [-0.05, 0) is 50.0 Å². The van der Waals surface area contributed by atoms with E-state index in [4.69, 9.17) is 4.74 Å². The molecule has 2 unspecified atom stereocenters. The van der Waals surface area contributed by atoms with Crippen LogP contribution in [-0.2, 0) is 6.42 Å². The minimum atomic E-state index is 0.419. The van der Waals surface area contributed by atoms with Gasteiger partial charge in [-0.25, -0.2) is 0 Å². The number of benzene rings is 1. The second-order valence-electron chi connectivity index (χ2n) is 6.09. The SMILES string of the molecule is CCN1CCCC(NC(C)c2ccc3c(c2)CCO3)C1. The lowest BCUT2D eigenvalue weighted by atomic mass is 10.0. The molecule has 1 aromatic rings. The summed E-state index contributed by atoms with van der Waals surface area (Å²) in [5.41, 5.74) is 2.76. The van der Waals surface area contributed by atoms with Gasteiger partial charge in [0.05, 0.1) is 6.61 Å². The maximum Gasteiger partial charge on any atom is 0.122 e. The molecule has 0 saturated carbocycles. The lowest BCUT2D eigenvalue weighted by Gasteiger charge is -2.34. The van der Waals surface area contributed by atoms with E-state index in [1.807, 2.05) is 0 Å². The summed E-state index contributed by atoms with van der Waals surface area (Å²) in [7, 11) is 0. The molecule has 0 radical (unpaired) electrons. The van der Waals surface area contributed by atoms with Crippen molar-refractivity contribution < 1.29 is 4.74 Å². The first-order valence-electron chi connectivity index (χ1n) is 8.00. The standard InChI is InChI=1S/C17H26N2O/c1-3-19-9-4-5-16(12-19)18-13(2)14-6-7-17-15(11-14)8-10-20-17/h6-7,11,13,16,18H,3-5,8-10,12H2,1-2H3. The number of hydrogen-bond donors (Lipinski definition) is 1. The van der Waals surface area contributed by atoms with Gasteiger partial charge in [-0.1, -0.05) is 19.1 Å². The Kier molecular flexibility index (Phi) is 4.27. The van der Waals surface area contributed by atoms with Gasteiger partial charge in [0.25, 0.3) is 0 Å². The van der Waals surface area contributed by atoms with Crippen molar-refractivity contribution in [3.05, 3.63) is 29.3 Å². The first-order chi connectivity index (χ1) is 9.76. The average molecular weight is 274 g/mol. The number of likely N-dealkylation sites (tertiary alicyclic amines) is 1. The minimum absolute atomic E-state index is 0.419. The van der Waals surface area contributed by atoms with E-state index in [1.165, 1.54) is 43.6 Å². The van der Waals surface area contributed by atoms with Crippen LogP contribution in [0.25, 0.3) is 0 Å². The van der Waals surface area contributed by atoms with E-state index in [0.29, 0.717) is 12.1 Å². The van der Waals surface area contributed by atoms with Crippen molar-refractivity contribution in [1.82, 2.24) is 10.2 Å². The second-order valence-corrected chi connectivity index (χ2v) is 6.09. The Morgan fingerprint density at radius 3 is 3.20 bits per heavy atom. The maximum absolute atomic E-state index is 5.58. The molecule has 2 aliphatic rings. The largest absolute Gasteiger partial charge is 0.493 e. The van der Waals surface area contributed by atoms with Crippen LogP contribution in [0.1, 0.15) is 43.9 Å². The van der Waals surface area contributed by atoms with Crippen molar-refractivity contribution in [2.45, 2.75) is 45.2 Å². The third-order valence-electron chi connectivity index (χ3n) is 4.65. The summed E-state index contributed by atoms with van der Waals surface area (Å²) >= 11 is 0. The quantitative estimate of drug-likeness (QED) is 0.913. The smallest absolute Gasteiger partial charge is 0.122 e. The summed E-state index contributed by atoms with van der Waals surface area (Å²) in [6, 6.07) is 7.71. The van der Waals surface area contributed by atoms with Gasteiger partial charge in [0.2, 0.25) is 0 Å². The summed E-state index contributed by atoms with van der Waals surface area (Å²) in [6.45, 7) is 9.00. The number of piperidine rings is 1. The number of hydrogen-bond acceptors (Lipinski definition) is 3. The molecule has 1 N–H and O–H groups in total. The Hall–Kier alpha value is -1.06. The number of nitrogens with one attached hydrogen (secondary N) is 1. The Morgan fingerprint density at radius 1 is 1.45 bits per heavy atom. The van der Waals surface area contributed by atoms with Crippen LogP contribution in [0, 0.1) is 0 Å². The number of fused-ring (bicyclic) bond motifs is 1. The van der Waals surface area contributed by atoms with Gasteiger partial charge in [-0.3, -0.25) is 0 Å². The van der Waals surface area contributed by atoms with Crippen LogP contribution in [0.4, 0.5) is 0 Å². The molecule has 1 saturated heterocycles. The minimum Gasteiger partial charge on any atom is -0.493 e. The van der Waals surface area contributed by atoms with E-state index in [-0.39, 0.29) is 0 Å². The molecule has 1 fully saturated rings. The fourth-order valence-electron chi connectivity index (χ4n) is 3.40. The van der Waals surface area contributed by atoms with E-state index < -0.39 is 0 Å². The topological polar surface area (TPSA) is 24.5 Å². The predicted molar refractivity (Wildman–Crippen MR) is 82.3 cm³/mol. The monoisotopic (exact) mass is 274 g/mol. The zero-order valence-corrected chi connectivity index (χ0v) is 12.7. The molecular weight excluding hydrogens is 248 g/mol. The number of rotatable bonds is 4. The van der Waals surface area contributed by atoms with Crippen molar-refractivity contribution in [3.63, 3.8) is 0 Å². The average Bonchev–Trinajstić information content (AvgIpc) is 2.94. The van der Waals surface area contributed by atoms with Gasteiger partial charge < -0.3 is 15.0 Å². The molecule has 0 amide bonds. The molecule has 0 bridgehead atoms. The summed E-state index contributed by atoms with van der Waals surface area (Å²) in [4.78, 5) is 2.55. The summed E-state index contributed by atoms with van der Waals surface area (Å²) < 4.78 is 5.58. The van der Waals surface area contributed by atoms with E-state index in [1.54, 1.807) is 0 Å². The highest BCUT2D eigenvalue weighted by molar-refractivity contribution is 5.40. The van der Waals surface area contributed by atoms with Crippen molar-refractivity contribution >= 4 is 0 Å². The lowest BCUT2D eigenvalue weighted by Crippen LogP contribution is -2.46. The zero-order chi connectivity index (χ0) is 13.9. The maximum atomic E-state index is 5.58. The molecule has 3 rings (SSSR count). The van der Waals surface area contributed by atoms with E-state index in [2.05, 4.69) is 42.3 Å². The third kappa shape index (κ3) is 2.99. The fourth-order valence-corrected chi connectivity index (χ4v) is 3.40. The van der Waals surface area contributed by atoms with Crippen LogP contribution in [0.2, 0.25) is 0 Å². The van der Waals surface area contributed by atoms with Crippen molar-refractivity contribution in [1.29, 1.82) is 0 Å². The summed E-state index contributed by atoms with van der Waals surface area (Å²) in [6.07, 6.45) is 3.67. The van der Waals surface area contributed by atoms with Gasteiger partial charge in [0, 0.05) is 25.0 Å². The normalized spacial score (nSPS) is 24.2. The highest BCUT2D eigenvalue weighted by atomic mass is 16.5. The summed E-state index contributed by atoms with van der Waals surface area (Å²) in [5.74, 6) is 1.08. The molecule has 2 aliphatic heterocycles. The molecule has 0 spiro atoms. The molecule has 20 heavy (non-hydrogen) atoms. The van der Waals surface area contributed by atoms with Gasteiger partial charge in [-0.2, -0.15) is 0 Å². The Labute approximate surface area is 122 Å². The van der Waals surface area contributed by atoms with Gasteiger partial charge in [-0.15, -0.1) is 0 Å². The Morgan fingerprint density at radius 2 is 2.35 bits per heavy atom. The van der Waals surface area contributed by atoms with Crippen LogP contribution in [0.15, 0.2) is 18.2 Å². The van der Waals surface area contributed by atoms with Gasteiger partial charge in [0.15, 0.2) is 0 Å². The molecule has 2 heterocycles. The van der Waals surface area contributed by atoms with E-state index in [9.17, 15) is 0 Å². The highest BCUT2D eigenvalue weighted by Crippen LogP contribution is 2.28. The Balaban J connectivity index is 1.62. The van der Waals surface area contributed by atoms with Gasteiger partial charge in [0.1, 0.15) is 5.75 Å².